The Morgan fingerprint density at radius 3 is 2.06 bits per heavy atom. The smallest absolute Gasteiger partial charge is 0.240 e. The lowest BCUT2D eigenvalue weighted by Crippen LogP contribution is -2.51. The third-order valence-electron chi connectivity index (χ3n) is 7.39. The van der Waals surface area contributed by atoms with Gasteiger partial charge in [-0.05, 0) is 28.8 Å². The van der Waals surface area contributed by atoms with Gasteiger partial charge in [-0.2, -0.15) is 0 Å². The summed E-state index contributed by atoms with van der Waals surface area (Å²) in [6.45, 7) is 2.12. The van der Waals surface area contributed by atoms with Crippen LogP contribution < -0.4 is 4.90 Å². The number of benzene rings is 3. The first-order valence-corrected chi connectivity index (χ1v) is 12.2. The van der Waals surface area contributed by atoms with Crippen molar-refractivity contribution in [2.45, 2.75) is 18.3 Å². The molecule has 0 spiro atoms. The van der Waals surface area contributed by atoms with Crippen molar-refractivity contribution in [3.63, 3.8) is 0 Å². The highest BCUT2D eigenvalue weighted by molar-refractivity contribution is 6.10. The number of para-hydroxylation sites is 2. The Morgan fingerprint density at radius 2 is 1.44 bits per heavy atom. The van der Waals surface area contributed by atoms with Gasteiger partial charge in [-0.1, -0.05) is 66.7 Å². The molecular formula is C29H29N3O4. The number of piperazine rings is 1. The molecule has 0 saturated carbocycles. The van der Waals surface area contributed by atoms with Crippen LogP contribution >= 0.6 is 0 Å². The van der Waals surface area contributed by atoms with Crippen LogP contribution in [0.4, 0.5) is 5.69 Å². The molecule has 36 heavy (non-hydrogen) atoms. The second-order valence-corrected chi connectivity index (χ2v) is 9.49. The number of likely N-dealkylation sites (tertiary alicyclic amines) is 1. The molecule has 3 aromatic carbocycles. The minimum atomic E-state index is -1.20. The summed E-state index contributed by atoms with van der Waals surface area (Å²) in [5.41, 5.74) is 2.30. The fraction of sp³-hybridized carbons (Fsp3) is 0.276. The van der Waals surface area contributed by atoms with Gasteiger partial charge in [0.1, 0.15) is 5.75 Å². The molecule has 1 N–H and O–H groups in total. The average Bonchev–Trinajstić information content (AvgIpc) is 3.13. The molecule has 2 saturated heterocycles. The molecule has 0 radical (unpaired) electrons. The van der Waals surface area contributed by atoms with Crippen LogP contribution in [0.25, 0.3) is 11.1 Å². The zero-order chi connectivity index (χ0) is 25.3. The monoisotopic (exact) mass is 483 g/mol. The molecule has 2 fully saturated rings. The largest absolute Gasteiger partial charge is 0.506 e. The molecule has 2 aliphatic rings. The Hall–Kier alpha value is -4.13. The van der Waals surface area contributed by atoms with Crippen LogP contribution in [0.2, 0.25) is 0 Å². The van der Waals surface area contributed by atoms with E-state index in [9.17, 15) is 19.5 Å². The second kappa shape index (κ2) is 9.49. The van der Waals surface area contributed by atoms with E-state index in [2.05, 4.69) is 4.90 Å². The first kappa shape index (κ1) is 23.6. The minimum absolute atomic E-state index is 0.0173. The van der Waals surface area contributed by atoms with E-state index < -0.39 is 5.41 Å². The summed E-state index contributed by atoms with van der Waals surface area (Å²) in [6, 6.07) is 24.7. The molecule has 1 atom stereocenters. The molecule has 2 aliphatic heterocycles. The predicted octanol–water partition coefficient (Wildman–Crippen LogP) is 3.42. The lowest BCUT2D eigenvalue weighted by molar-refractivity contribution is -0.141. The summed E-state index contributed by atoms with van der Waals surface area (Å²) in [5, 5.41) is 10.2. The third-order valence-corrected chi connectivity index (χ3v) is 7.39. The van der Waals surface area contributed by atoms with Crippen molar-refractivity contribution >= 4 is 23.4 Å². The number of carbonyl (C=O) groups is 3. The maximum absolute atomic E-state index is 13.5. The van der Waals surface area contributed by atoms with Gasteiger partial charge in [0.05, 0.1) is 11.1 Å². The van der Waals surface area contributed by atoms with Gasteiger partial charge in [-0.25, -0.2) is 0 Å². The number of hydrogen-bond acceptors (Lipinski definition) is 5. The Labute approximate surface area is 210 Å². The Balaban J connectivity index is 1.36. The van der Waals surface area contributed by atoms with Gasteiger partial charge in [0.15, 0.2) is 0 Å². The van der Waals surface area contributed by atoms with E-state index in [4.69, 9.17) is 0 Å². The number of phenolic OH excluding ortho intramolecular Hbond substituents is 1. The van der Waals surface area contributed by atoms with E-state index in [-0.39, 0.29) is 36.3 Å². The SMILES string of the molecule is CN1C(=O)C[C@](CC(=O)N2CCN(c3ccccc3O)CC2)(c2ccc(-c3ccccc3)cc2)C1=O. The van der Waals surface area contributed by atoms with E-state index in [0.717, 1.165) is 21.7 Å². The second-order valence-electron chi connectivity index (χ2n) is 9.49. The van der Waals surface area contributed by atoms with Crippen molar-refractivity contribution in [3.8, 4) is 16.9 Å². The molecule has 184 valence electrons. The van der Waals surface area contributed by atoms with Crippen molar-refractivity contribution in [1.82, 2.24) is 9.80 Å². The van der Waals surface area contributed by atoms with Crippen molar-refractivity contribution in [1.29, 1.82) is 0 Å². The van der Waals surface area contributed by atoms with Gasteiger partial charge in [0.2, 0.25) is 17.7 Å². The number of hydrogen-bond donors (Lipinski definition) is 1. The topological polar surface area (TPSA) is 81.2 Å². The highest BCUT2D eigenvalue weighted by Crippen LogP contribution is 2.40. The van der Waals surface area contributed by atoms with E-state index in [0.29, 0.717) is 31.7 Å². The van der Waals surface area contributed by atoms with Crippen LogP contribution in [0.15, 0.2) is 78.9 Å². The third kappa shape index (κ3) is 4.21. The van der Waals surface area contributed by atoms with Gasteiger partial charge in [-0.3, -0.25) is 19.3 Å². The fourth-order valence-electron chi connectivity index (χ4n) is 5.26. The first-order chi connectivity index (χ1) is 17.4. The summed E-state index contributed by atoms with van der Waals surface area (Å²) in [4.78, 5) is 44.4. The lowest BCUT2D eigenvalue weighted by atomic mass is 9.75. The zero-order valence-electron chi connectivity index (χ0n) is 20.3. The van der Waals surface area contributed by atoms with Crippen molar-refractivity contribution in [3.05, 3.63) is 84.4 Å². The Bertz CT molecular complexity index is 1280. The minimum Gasteiger partial charge on any atom is -0.506 e. The van der Waals surface area contributed by atoms with E-state index in [1.165, 1.54) is 7.05 Å². The van der Waals surface area contributed by atoms with Crippen molar-refractivity contribution < 1.29 is 19.5 Å². The summed E-state index contributed by atoms with van der Waals surface area (Å²) < 4.78 is 0. The quantitative estimate of drug-likeness (QED) is 0.563. The standard InChI is InChI=1S/C29H29N3O4/c1-30-26(34)19-29(28(30)36,23-13-11-22(12-14-23)21-7-3-2-4-8-21)20-27(35)32-17-15-31(16-18-32)24-9-5-6-10-25(24)33/h2-14,33H,15-20H2,1H3/t29-/m0/s1. The Kier molecular flexibility index (Phi) is 6.22. The molecule has 5 rings (SSSR count). The molecule has 3 amide bonds. The van der Waals surface area contributed by atoms with Gasteiger partial charge in [0, 0.05) is 46.1 Å². The van der Waals surface area contributed by atoms with Crippen molar-refractivity contribution in [2.24, 2.45) is 0 Å². The lowest BCUT2D eigenvalue weighted by Gasteiger charge is -2.38. The number of aromatic hydroxyl groups is 1. The van der Waals surface area contributed by atoms with Gasteiger partial charge < -0.3 is 14.9 Å². The van der Waals surface area contributed by atoms with Crippen LogP contribution in [0, 0.1) is 0 Å². The van der Waals surface area contributed by atoms with Crippen LogP contribution in [0.1, 0.15) is 18.4 Å². The number of anilines is 1. The predicted molar refractivity (Wildman–Crippen MR) is 137 cm³/mol. The zero-order valence-corrected chi connectivity index (χ0v) is 20.3. The Morgan fingerprint density at radius 1 is 0.833 bits per heavy atom. The van der Waals surface area contributed by atoms with Gasteiger partial charge in [-0.15, -0.1) is 0 Å². The van der Waals surface area contributed by atoms with E-state index >= 15 is 0 Å². The number of phenols is 1. The molecule has 7 nitrogen and oxygen atoms in total. The molecule has 0 bridgehead atoms. The van der Waals surface area contributed by atoms with Crippen LogP contribution in [-0.4, -0.2) is 65.9 Å². The maximum atomic E-state index is 13.5. The first-order valence-electron chi connectivity index (χ1n) is 12.2. The molecule has 7 heteroatoms. The number of carbonyl (C=O) groups excluding carboxylic acids is 3. The van der Waals surface area contributed by atoms with E-state index in [1.807, 2.05) is 66.7 Å². The molecule has 0 aromatic heterocycles. The summed E-state index contributed by atoms with van der Waals surface area (Å²) >= 11 is 0. The fourth-order valence-corrected chi connectivity index (χ4v) is 5.26. The van der Waals surface area contributed by atoms with Gasteiger partial charge >= 0.3 is 0 Å². The van der Waals surface area contributed by atoms with Gasteiger partial charge in [0.25, 0.3) is 0 Å². The normalized spacial score (nSPS) is 20.2. The van der Waals surface area contributed by atoms with Crippen LogP contribution in [-0.2, 0) is 19.8 Å². The van der Waals surface area contributed by atoms with E-state index in [1.54, 1.807) is 17.0 Å². The molecule has 0 unspecified atom stereocenters. The number of rotatable bonds is 5. The highest BCUT2D eigenvalue weighted by Gasteiger charge is 2.53. The molecule has 3 aromatic rings. The maximum Gasteiger partial charge on any atom is 0.240 e. The summed E-state index contributed by atoms with van der Waals surface area (Å²) in [6.07, 6.45) is -0.0696. The van der Waals surface area contributed by atoms with Crippen LogP contribution in [0.5, 0.6) is 5.75 Å². The average molecular weight is 484 g/mol. The molecule has 2 heterocycles. The van der Waals surface area contributed by atoms with Crippen molar-refractivity contribution in [2.75, 3.05) is 38.1 Å². The number of amides is 3. The van der Waals surface area contributed by atoms with Crippen LogP contribution in [0.3, 0.4) is 0 Å². The highest BCUT2D eigenvalue weighted by atomic mass is 16.3. The molecular weight excluding hydrogens is 454 g/mol. The number of nitrogens with zero attached hydrogens (tertiary/aromatic N) is 3. The summed E-state index contributed by atoms with van der Waals surface area (Å²) in [7, 11) is 1.49. The number of likely N-dealkylation sites (N-methyl/N-ethyl adjacent to an activating group) is 1. The number of imide groups is 1. The summed E-state index contributed by atoms with van der Waals surface area (Å²) in [5.74, 6) is -0.533. The molecule has 0 aliphatic carbocycles.